The minimum absolute atomic E-state index is 0.0571. The zero-order valence-corrected chi connectivity index (χ0v) is 11.8. The number of rotatable bonds is 5. The van der Waals surface area contributed by atoms with Gasteiger partial charge in [-0.1, -0.05) is 41.9 Å². The number of carbonyl (C=O) groups excluding carboxylic acids is 1. The van der Waals surface area contributed by atoms with E-state index in [4.69, 9.17) is 21.4 Å². The lowest BCUT2D eigenvalue weighted by Crippen LogP contribution is -2.10. The normalized spacial score (nSPS) is 10.6. The Balaban J connectivity index is 2.22. The first kappa shape index (κ1) is 14.6. The van der Waals surface area contributed by atoms with Gasteiger partial charge in [0.25, 0.3) is 0 Å². The Kier molecular flexibility index (Phi) is 4.76. The minimum atomic E-state index is -0.569. The molecule has 1 aromatic carbocycles. The van der Waals surface area contributed by atoms with Crippen molar-refractivity contribution in [3.63, 3.8) is 0 Å². The smallest absolute Gasteiger partial charge is 0.343 e. The summed E-state index contributed by atoms with van der Waals surface area (Å²) in [7, 11) is 0. The summed E-state index contributed by atoms with van der Waals surface area (Å²) in [5, 5.41) is 13.2. The van der Waals surface area contributed by atoms with Gasteiger partial charge in [-0.25, -0.2) is 9.48 Å². The average Bonchev–Trinajstić information content (AvgIpc) is 2.72. The number of hydrogen-bond acceptors (Lipinski definition) is 4. The highest BCUT2D eigenvalue weighted by Gasteiger charge is 2.21. The van der Waals surface area contributed by atoms with Crippen LogP contribution in [-0.2, 0) is 11.3 Å². The Labute approximate surface area is 121 Å². The molecule has 106 valence electrons. The van der Waals surface area contributed by atoms with E-state index in [-0.39, 0.29) is 23.9 Å². The van der Waals surface area contributed by atoms with Crippen LogP contribution in [0.2, 0.25) is 5.15 Å². The molecule has 0 unspecified atom stereocenters. The van der Waals surface area contributed by atoms with Gasteiger partial charge in [0.05, 0.1) is 18.8 Å². The van der Waals surface area contributed by atoms with Gasteiger partial charge in [-0.3, -0.25) is 0 Å². The molecule has 0 fully saturated rings. The third kappa shape index (κ3) is 3.18. The van der Waals surface area contributed by atoms with E-state index in [1.54, 1.807) is 11.6 Å². The van der Waals surface area contributed by atoms with E-state index in [1.807, 2.05) is 30.3 Å². The summed E-state index contributed by atoms with van der Waals surface area (Å²) in [4.78, 5) is 11.8. The van der Waals surface area contributed by atoms with Crippen LogP contribution in [0.15, 0.2) is 30.3 Å². The Morgan fingerprint density at radius 2 is 2.10 bits per heavy atom. The summed E-state index contributed by atoms with van der Waals surface area (Å²) in [5.41, 5.74) is 1.79. The van der Waals surface area contributed by atoms with Gasteiger partial charge in [-0.05, 0) is 12.5 Å². The third-order valence-electron chi connectivity index (χ3n) is 2.77. The Hall–Kier alpha value is -1.85. The van der Waals surface area contributed by atoms with Crippen LogP contribution in [0.25, 0.3) is 0 Å². The van der Waals surface area contributed by atoms with Crippen LogP contribution in [0.5, 0.6) is 0 Å². The number of benzene rings is 1. The molecule has 0 radical (unpaired) electrons. The molecular weight excluding hydrogens is 280 g/mol. The fraction of sp³-hybridized carbons (Fsp3) is 0.286. The highest BCUT2D eigenvalue weighted by atomic mass is 35.5. The molecule has 2 rings (SSSR count). The Bertz CT molecular complexity index is 596. The quantitative estimate of drug-likeness (QED) is 0.857. The number of nitrogens with zero attached hydrogens (tertiary/aromatic N) is 2. The molecule has 0 aliphatic carbocycles. The molecule has 1 heterocycles. The highest BCUT2D eigenvalue weighted by Crippen LogP contribution is 2.21. The average molecular weight is 295 g/mol. The maximum atomic E-state index is 11.8. The van der Waals surface area contributed by atoms with Gasteiger partial charge in [0.15, 0.2) is 0 Å². The lowest BCUT2D eigenvalue weighted by atomic mass is 10.2. The summed E-state index contributed by atoms with van der Waals surface area (Å²) < 4.78 is 6.43. The van der Waals surface area contributed by atoms with Gasteiger partial charge < -0.3 is 9.84 Å². The van der Waals surface area contributed by atoms with E-state index < -0.39 is 5.97 Å². The van der Waals surface area contributed by atoms with Crippen LogP contribution in [0.1, 0.15) is 21.6 Å². The van der Waals surface area contributed by atoms with Crippen molar-refractivity contribution in [3.05, 3.63) is 52.3 Å². The van der Waals surface area contributed by atoms with Crippen molar-refractivity contribution in [1.29, 1.82) is 0 Å². The fourth-order valence-corrected chi connectivity index (χ4v) is 2.17. The molecule has 0 aliphatic rings. The van der Waals surface area contributed by atoms with E-state index >= 15 is 0 Å². The number of esters is 1. The van der Waals surface area contributed by atoms with E-state index in [9.17, 15) is 4.79 Å². The summed E-state index contributed by atoms with van der Waals surface area (Å²) >= 11 is 6.19. The minimum Gasteiger partial charge on any atom is -0.460 e. The molecule has 0 spiro atoms. The number of hydrogen-bond donors (Lipinski definition) is 1. The summed E-state index contributed by atoms with van der Waals surface area (Å²) in [6, 6.07) is 9.69. The van der Waals surface area contributed by atoms with E-state index in [0.29, 0.717) is 12.2 Å². The lowest BCUT2D eigenvalue weighted by molar-refractivity contribution is 0.0433. The van der Waals surface area contributed by atoms with Crippen molar-refractivity contribution in [3.8, 4) is 0 Å². The van der Waals surface area contributed by atoms with Gasteiger partial charge in [0.1, 0.15) is 17.3 Å². The van der Waals surface area contributed by atoms with Crippen molar-refractivity contribution < 1.29 is 14.6 Å². The predicted octanol–water partition coefficient (Wildman–Crippen LogP) is 2.04. The summed E-state index contributed by atoms with van der Waals surface area (Å²) in [5.74, 6) is -0.569. The molecule has 1 aromatic heterocycles. The standard InChI is InChI=1S/C14H15ClN2O3/c1-10-12(14(19)20-8-7-18)13(15)17(16-10)9-11-5-3-2-4-6-11/h2-6,18H,7-9H2,1H3. The molecule has 20 heavy (non-hydrogen) atoms. The van der Waals surface area contributed by atoms with Crippen LogP contribution in [0.4, 0.5) is 0 Å². The van der Waals surface area contributed by atoms with Crippen molar-refractivity contribution in [2.45, 2.75) is 13.5 Å². The molecule has 5 nitrogen and oxygen atoms in total. The number of aryl methyl sites for hydroxylation is 1. The second kappa shape index (κ2) is 6.54. The number of ether oxygens (including phenoxy) is 1. The highest BCUT2D eigenvalue weighted by molar-refractivity contribution is 6.32. The van der Waals surface area contributed by atoms with Crippen LogP contribution in [-0.4, -0.2) is 34.1 Å². The lowest BCUT2D eigenvalue weighted by Gasteiger charge is -2.04. The molecule has 0 saturated heterocycles. The fourth-order valence-electron chi connectivity index (χ4n) is 1.86. The van der Waals surface area contributed by atoms with Crippen molar-refractivity contribution >= 4 is 17.6 Å². The number of halogens is 1. The SMILES string of the molecule is Cc1nn(Cc2ccccc2)c(Cl)c1C(=O)OCCO. The summed E-state index contributed by atoms with van der Waals surface area (Å²) in [6.07, 6.45) is 0. The summed E-state index contributed by atoms with van der Waals surface area (Å²) in [6.45, 7) is 1.90. The number of aromatic nitrogens is 2. The number of aliphatic hydroxyl groups is 1. The second-order valence-electron chi connectivity index (χ2n) is 4.25. The Morgan fingerprint density at radius 1 is 1.40 bits per heavy atom. The molecule has 1 N–H and O–H groups in total. The predicted molar refractivity (Wildman–Crippen MR) is 74.9 cm³/mol. The van der Waals surface area contributed by atoms with E-state index in [2.05, 4.69) is 5.10 Å². The van der Waals surface area contributed by atoms with Crippen molar-refractivity contribution in [2.75, 3.05) is 13.2 Å². The second-order valence-corrected chi connectivity index (χ2v) is 4.61. The van der Waals surface area contributed by atoms with Gasteiger partial charge >= 0.3 is 5.97 Å². The zero-order chi connectivity index (χ0) is 14.5. The van der Waals surface area contributed by atoms with Gasteiger partial charge in [0.2, 0.25) is 0 Å². The molecule has 0 aliphatic heterocycles. The number of carbonyl (C=O) groups is 1. The zero-order valence-electron chi connectivity index (χ0n) is 11.0. The van der Waals surface area contributed by atoms with Gasteiger partial charge in [-0.15, -0.1) is 0 Å². The van der Waals surface area contributed by atoms with Gasteiger partial charge in [0, 0.05) is 0 Å². The molecule has 0 amide bonds. The maximum absolute atomic E-state index is 11.8. The third-order valence-corrected chi connectivity index (χ3v) is 3.15. The van der Waals surface area contributed by atoms with Crippen LogP contribution in [0, 0.1) is 6.92 Å². The van der Waals surface area contributed by atoms with Crippen molar-refractivity contribution in [2.24, 2.45) is 0 Å². The van der Waals surface area contributed by atoms with Crippen LogP contribution < -0.4 is 0 Å². The molecule has 0 bridgehead atoms. The number of aliphatic hydroxyl groups excluding tert-OH is 1. The van der Waals surface area contributed by atoms with Crippen molar-refractivity contribution in [1.82, 2.24) is 9.78 Å². The van der Waals surface area contributed by atoms with Crippen LogP contribution in [0.3, 0.4) is 0 Å². The van der Waals surface area contributed by atoms with Gasteiger partial charge in [-0.2, -0.15) is 5.10 Å². The first-order valence-corrected chi connectivity index (χ1v) is 6.56. The molecule has 0 saturated carbocycles. The Morgan fingerprint density at radius 3 is 2.75 bits per heavy atom. The molecular formula is C14H15ClN2O3. The van der Waals surface area contributed by atoms with E-state index in [1.165, 1.54) is 0 Å². The first-order chi connectivity index (χ1) is 9.63. The monoisotopic (exact) mass is 294 g/mol. The molecule has 6 heteroatoms. The van der Waals surface area contributed by atoms with Crippen LogP contribution >= 0.6 is 11.6 Å². The topological polar surface area (TPSA) is 64.4 Å². The molecule has 0 atom stereocenters. The first-order valence-electron chi connectivity index (χ1n) is 6.18. The largest absolute Gasteiger partial charge is 0.460 e. The van der Waals surface area contributed by atoms with E-state index in [0.717, 1.165) is 5.56 Å². The maximum Gasteiger partial charge on any atom is 0.343 e. The molecule has 2 aromatic rings.